The van der Waals surface area contributed by atoms with Gasteiger partial charge < -0.3 is 19.1 Å². The van der Waals surface area contributed by atoms with Gasteiger partial charge in [0.05, 0.1) is 23.1 Å². The van der Waals surface area contributed by atoms with Gasteiger partial charge in [-0.3, -0.25) is 4.79 Å². The van der Waals surface area contributed by atoms with Crippen LogP contribution < -0.4 is 4.90 Å². The van der Waals surface area contributed by atoms with Crippen molar-refractivity contribution in [3.8, 4) is 11.4 Å². The number of carbonyl (C=O) groups excluding carboxylic acids is 1. The van der Waals surface area contributed by atoms with Gasteiger partial charge in [-0.1, -0.05) is 24.3 Å². The molecule has 6 heteroatoms. The summed E-state index contributed by atoms with van der Waals surface area (Å²) in [6.07, 6.45) is 4.20. The first-order valence-electron chi connectivity index (χ1n) is 11.7. The molecule has 168 valence electrons. The molecule has 2 fully saturated rings. The van der Waals surface area contributed by atoms with Crippen LogP contribution in [0.1, 0.15) is 25.7 Å². The maximum Gasteiger partial charge on any atom is 0.227 e. The van der Waals surface area contributed by atoms with Crippen LogP contribution in [0.15, 0.2) is 48.5 Å². The summed E-state index contributed by atoms with van der Waals surface area (Å²) < 4.78 is 7.62. The summed E-state index contributed by atoms with van der Waals surface area (Å²) in [5.41, 5.74) is 4.42. The number of para-hydroxylation sites is 2. The van der Waals surface area contributed by atoms with E-state index in [9.17, 15) is 4.79 Å². The second-order valence-electron chi connectivity index (χ2n) is 9.08. The van der Waals surface area contributed by atoms with E-state index in [1.807, 2.05) is 12.1 Å². The van der Waals surface area contributed by atoms with Crippen molar-refractivity contribution in [3.05, 3.63) is 48.5 Å². The number of piperidine rings is 2. The number of anilines is 1. The number of rotatable bonds is 4. The van der Waals surface area contributed by atoms with Crippen LogP contribution in [0.4, 0.5) is 5.69 Å². The lowest BCUT2D eigenvalue weighted by molar-refractivity contribution is -0.138. The summed E-state index contributed by atoms with van der Waals surface area (Å²) in [4.78, 5) is 22.5. The molecule has 2 aliphatic heterocycles. The lowest BCUT2D eigenvalue weighted by atomic mass is 9.94. The number of hydrogen-bond acceptors (Lipinski definition) is 4. The van der Waals surface area contributed by atoms with Crippen molar-refractivity contribution in [2.75, 3.05) is 38.2 Å². The van der Waals surface area contributed by atoms with E-state index in [1.165, 1.54) is 5.69 Å². The van der Waals surface area contributed by atoms with E-state index >= 15 is 0 Å². The number of likely N-dealkylation sites (tertiary alicyclic amines) is 1. The van der Waals surface area contributed by atoms with Gasteiger partial charge in [-0.05, 0) is 49.9 Å². The Morgan fingerprint density at radius 2 is 1.84 bits per heavy atom. The van der Waals surface area contributed by atoms with Crippen LogP contribution in [-0.2, 0) is 16.6 Å². The number of amides is 1. The second kappa shape index (κ2) is 8.94. The average molecular weight is 433 g/mol. The fourth-order valence-corrected chi connectivity index (χ4v) is 5.23. The molecule has 2 aliphatic rings. The van der Waals surface area contributed by atoms with Gasteiger partial charge in [-0.25, -0.2) is 4.98 Å². The lowest BCUT2D eigenvalue weighted by Gasteiger charge is -2.38. The van der Waals surface area contributed by atoms with Crippen molar-refractivity contribution in [1.29, 1.82) is 0 Å². The van der Waals surface area contributed by atoms with Crippen LogP contribution >= 0.6 is 0 Å². The van der Waals surface area contributed by atoms with Crippen molar-refractivity contribution in [3.63, 3.8) is 0 Å². The quantitative estimate of drug-likeness (QED) is 0.623. The Balaban J connectivity index is 1.33. The Kier molecular flexibility index (Phi) is 5.87. The molecule has 1 atom stereocenters. The van der Waals surface area contributed by atoms with Crippen molar-refractivity contribution in [2.24, 2.45) is 13.0 Å². The van der Waals surface area contributed by atoms with Gasteiger partial charge in [0.15, 0.2) is 0 Å². The number of nitrogens with zero attached hydrogens (tertiary/aromatic N) is 4. The van der Waals surface area contributed by atoms with E-state index in [4.69, 9.17) is 9.72 Å². The predicted molar refractivity (Wildman–Crippen MR) is 128 cm³/mol. The molecule has 6 nitrogen and oxygen atoms in total. The van der Waals surface area contributed by atoms with E-state index < -0.39 is 0 Å². The summed E-state index contributed by atoms with van der Waals surface area (Å²) >= 11 is 0. The van der Waals surface area contributed by atoms with Crippen LogP contribution in [0.3, 0.4) is 0 Å². The maximum absolute atomic E-state index is 13.2. The largest absolute Gasteiger partial charge is 0.381 e. The molecule has 0 bridgehead atoms. The zero-order valence-corrected chi connectivity index (χ0v) is 19.0. The summed E-state index contributed by atoms with van der Waals surface area (Å²) in [6, 6.07) is 16.8. The Morgan fingerprint density at radius 3 is 2.62 bits per heavy atom. The number of aryl methyl sites for hydroxylation is 1. The van der Waals surface area contributed by atoms with Crippen LogP contribution in [0, 0.1) is 5.92 Å². The van der Waals surface area contributed by atoms with Gasteiger partial charge in [-0.2, -0.15) is 0 Å². The molecule has 0 unspecified atom stereocenters. The number of fused-ring (bicyclic) bond motifs is 1. The first kappa shape index (κ1) is 21.0. The minimum Gasteiger partial charge on any atom is -0.381 e. The number of aromatic nitrogens is 2. The van der Waals surface area contributed by atoms with Crippen LogP contribution in [0.2, 0.25) is 0 Å². The highest BCUT2D eigenvalue weighted by Gasteiger charge is 2.31. The minimum atomic E-state index is 0.0715. The number of methoxy groups -OCH3 is 1. The third kappa shape index (κ3) is 3.99. The zero-order chi connectivity index (χ0) is 22.1. The molecule has 3 heterocycles. The maximum atomic E-state index is 13.2. The molecule has 1 amide bonds. The smallest absolute Gasteiger partial charge is 0.227 e. The molecule has 5 rings (SSSR count). The Bertz CT molecular complexity index is 1100. The molecular formula is C26H32N4O2. The molecular weight excluding hydrogens is 400 g/mol. The van der Waals surface area contributed by atoms with Crippen LogP contribution in [0.25, 0.3) is 22.4 Å². The second-order valence-corrected chi connectivity index (χ2v) is 9.08. The molecule has 0 radical (unpaired) electrons. The molecule has 2 saturated heterocycles. The van der Waals surface area contributed by atoms with E-state index in [1.54, 1.807) is 7.11 Å². The molecule has 0 saturated carbocycles. The van der Waals surface area contributed by atoms with E-state index in [2.05, 4.69) is 57.8 Å². The Morgan fingerprint density at radius 1 is 1.03 bits per heavy atom. The topological polar surface area (TPSA) is 50.6 Å². The molecule has 0 N–H and O–H groups in total. The minimum absolute atomic E-state index is 0.0715. The van der Waals surface area contributed by atoms with Gasteiger partial charge in [0.25, 0.3) is 0 Å². The van der Waals surface area contributed by atoms with Crippen molar-refractivity contribution < 1.29 is 9.53 Å². The summed E-state index contributed by atoms with van der Waals surface area (Å²) in [7, 11) is 3.84. The third-order valence-electron chi connectivity index (χ3n) is 7.11. The third-order valence-corrected chi connectivity index (χ3v) is 7.11. The number of imidazole rings is 1. The molecule has 32 heavy (non-hydrogen) atoms. The summed E-state index contributed by atoms with van der Waals surface area (Å²) in [5.74, 6) is 1.36. The molecule has 0 spiro atoms. The van der Waals surface area contributed by atoms with Crippen molar-refractivity contribution >= 4 is 22.6 Å². The van der Waals surface area contributed by atoms with Crippen molar-refractivity contribution in [1.82, 2.24) is 14.5 Å². The number of hydrogen-bond donors (Lipinski definition) is 0. The fourth-order valence-electron chi connectivity index (χ4n) is 5.23. The highest BCUT2D eigenvalue weighted by Crippen LogP contribution is 2.30. The highest BCUT2D eigenvalue weighted by atomic mass is 16.5. The molecule has 2 aromatic carbocycles. The number of carbonyl (C=O) groups is 1. The zero-order valence-electron chi connectivity index (χ0n) is 19.0. The monoisotopic (exact) mass is 432 g/mol. The highest BCUT2D eigenvalue weighted by molar-refractivity contribution is 5.82. The van der Waals surface area contributed by atoms with Crippen LogP contribution in [-0.4, -0.2) is 59.8 Å². The number of benzene rings is 2. The first-order valence-corrected chi connectivity index (χ1v) is 11.7. The molecule has 3 aromatic rings. The molecule has 0 aliphatic carbocycles. The summed E-state index contributed by atoms with van der Waals surface area (Å²) in [5, 5.41) is 0. The normalized spacial score (nSPS) is 20.1. The van der Waals surface area contributed by atoms with Crippen molar-refractivity contribution in [2.45, 2.75) is 31.8 Å². The lowest BCUT2D eigenvalue weighted by Crippen LogP contribution is -2.48. The van der Waals surface area contributed by atoms with Gasteiger partial charge >= 0.3 is 0 Å². The van der Waals surface area contributed by atoms with E-state index in [0.717, 1.165) is 74.3 Å². The van der Waals surface area contributed by atoms with E-state index in [-0.39, 0.29) is 5.92 Å². The standard InChI is InChI=1S/C26H32N4O2/c1-28-24-11-4-3-10-23(24)27-25(28)19-7-5-9-21(17-19)30-14-6-8-20(18-30)26(31)29-15-12-22(32-2)13-16-29/h3-5,7,9-11,17,20,22H,6,8,12-16,18H2,1-2H3/t20-/m0/s1. The van der Waals surface area contributed by atoms with Gasteiger partial charge in [0.1, 0.15) is 5.82 Å². The average Bonchev–Trinajstić information content (AvgIpc) is 3.20. The van der Waals surface area contributed by atoms with Gasteiger partial charge in [0, 0.05) is 51.6 Å². The Labute approximate surface area is 189 Å². The number of ether oxygens (including phenoxy) is 1. The predicted octanol–water partition coefficient (Wildman–Crippen LogP) is 4.09. The SMILES string of the molecule is COC1CCN(C(=O)[C@H]2CCCN(c3cccc(-c4nc5ccccc5n4C)c3)C2)CC1. The van der Waals surface area contributed by atoms with Gasteiger partial charge in [0.2, 0.25) is 5.91 Å². The fraction of sp³-hybridized carbons (Fsp3) is 0.462. The summed E-state index contributed by atoms with van der Waals surface area (Å²) in [6.45, 7) is 3.41. The first-order chi connectivity index (χ1) is 15.6. The molecule has 1 aromatic heterocycles. The van der Waals surface area contributed by atoms with Gasteiger partial charge in [-0.15, -0.1) is 0 Å². The Hall–Kier alpha value is -2.86. The van der Waals surface area contributed by atoms with Crippen LogP contribution in [0.5, 0.6) is 0 Å². The van der Waals surface area contributed by atoms with E-state index in [0.29, 0.717) is 12.0 Å².